The van der Waals surface area contributed by atoms with Gasteiger partial charge in [-0.25, -0.2) is 0 Å². The number of hydrogen-bond donors (Lipinski definition) is 1. The highest BCUT2D eigenvalue weighted by atomic mass is 16.7. The first-order valence-corrected chi connectivity index (χ1v) is 4.58. The smallest absolute Gasteiger partial charge is 0.163 e. The summed E-state index contributed by atoms with van der Waals surface area (Å²) < 4.78 is 11.2. The molecule has 12 heavy (non-hydrogen) atoms. The highest BCUT2D eigenvalue weighted by Gasteiger charge is 2.35. The first-order valence-electron chi connectivity index (χ1n) is 4.58. The van der Waals surface area contributed by atoms with Gasteiger partial charge in [0.05, 0.1) is 12.7 Å². The molecule has 1 heterocycles. The Morgan fingerprint density at radius 3 is 2.58 bits per heavy atom. The summed E-state index contributed by atoms with van der Waals surface area (Å²) in [4.78, 5) is 0. The van der Waals surface area contributed by atoms with E-state index in [1.807, 2.05) is 20.9 Å². The molecule has 0 spiro atoms. The Kier molecular flexibility index (Phi) is 3.09. The summed E-state index contributed by atoms with van der Waals surface area (Å²) >= 11 is 0. The quantitative estimate of drug-likeness (QED) is 0.694. The third-order valence-electron chi connectivity index (χ3n) is 2.29. The number of ether oxygens (including phenoxy) is 2. The highest BCUT2D eigenvalue weighted by Crippen LogP contribution is 2.24. The summed E-state index contributed by atoms with van der Waals surface area (Å²) in [5.74, 6) is -0.394. The standard InChI is InChI=1S/C9H19NO2/c1-5-7(10-4)8-6-11-9(2,3)12-8/h7-8,10H,5-6H2,1-4H3/t7-,8-/m0/s1. The van der Waals surface area contributed by atoms with Gasteiger partial charge in [-0.3, -0.25) is 0 Å². The lowest BCUT2D eigenvalue weighted by atomic mass is 10.1. The lowest BCUT2D eigenvalue weighted by molar-refractivity contribution is -0.141. The Bertz CT molecular complexity index is 143. The van der Waals surface area contributed by atoms with Crippen LogP contribution in [0.15, 0.2) is 0 Å². The van der Waals surface area contributed by atoms with Gasteiger partial charge in [0.2, 0.25) is 0 Å². The zero-order valence-corrected chi connectivity index (χ0v) is 8.39. The summed E-state index contributed by atoms with van der Waals surface area (Å²) in [6.45, 7) is 6.76. The van der Waals surface area contributed by atoms with Gasteiger partial charge in [-0.1, -0.05) is 6.92 Å². The molecule has 0 aliphatic carbocycles. The molecule has 1 aliphatic rings. The average molecular weight is 173 g/mol. The number of hydrogen-bond acceptors (Lipinski definition) is 3. The van der Waals surface area contributed by atoms with E-state index in [-0.39, 0.29) is 6.10 Å². The molecule has 1 N–H and O–H groups in total. The molecule has 1 fully saturated rings. The van der Waals surface area contributed by atoms with Crippen LogP contribution >= 0.6 is 0 Å². The molecular formula is C9H19NO2. The Morgan fingerprint density at radius 2 is 2.25 bits per heavy atom. The predicted octanol–water partition coefficient (Wildman–Crippen LogP) is 1.14. The minimum atomic E-state index is -0.394. The van der Waals surface area contributed by atoms with Crippen LogP contribution in [0.2, 0.25) is 0 Å². The zero-order chi connectivity index (χ0) is 9.19. The highest BCUT2D eigenvalue weighted by molar-refractivity contribution is 4.80. The molecule has 0 unspecified atom stereocenters. The summed E-state index contributed by atoms with van der Waals surface area (Å²) in [5.41, 5.74) is 0. The second kappa shape index (κ2) is 3.73. The van der Waals surface area contributed by atoms with Crippen molar-refractivity contribution >= 4 is 0 Å². The number of nitrogens with one attached hydrogen (secondary N) is 1. The molecule has 1 aliphatic heterocycles. The Balaban J connectivity index is 2.45. The summed E-state index contributed by atoms with van der Waals surface area (Å²) in [7, 11) is 1.96. The largest absolute Gasteiger partial charge is 0.348 e. The molecular weight excluding hydrogens is 154 g/mol. The molecule has 0 aromatic heterocycles. The van der Waals surface area contributed by atoms with E-state index in [0.717, 1.165) is 6.42 Å². The zero-order valence-electron chi connectivity index (χ0n) is 8.39. The molecule has 0 saturated carbocycles. The van der Waals surface area contributed by atoms with Crippen molar-refractivity contribution in [1.82, 2.24) is 5.32 Å². The summed E-state index contributed by atoms with van der Waals surface area (Å²) in [6, 6.07) is 0.409. The Labute approximate surface area is 74.4 Å². The molecule has 3 heteroatoms. The van der Waals surface area contributed by atoms with Crippen molar-refractivity contribution in [3.63, 3.8) is 0 Å². The van der Waals surface area contributed by atoms with Gasteiger partial charge in [0, 0.05) is 6.04 Å². The van der Waals surface area contributed by atoms with E-state index in [1.54, 1.807) is 0 Å². The van der Waals surface area contributed by atoms with Crippen LogP contribution in [0.25, 0.3) is 0 Å². The molecule has 0 aromatic carbocycles. The van der Waals surface area contributed by atoms with Crippen molar-refractivity contribution < 1.29 is 9.47 Å². The van der Waals surface area contributed by atoms with Crippen LogP contribution in [0.3, 0.4) is 0 Å². The molecule has 0 radical (unpaired) electrons. The summed E-state index contributed by atoms with van der Waals surface area (Å²) in [5, 5.41) is 3.23. The van der Waals surface area contributed by atoms with Crippen LogP contribution in [0.1, 0.15) is 27.2 Å². The second-order valence-corrected chi connectivity index (χ2v) is 3.67. The third kappa shape index (κ3) is 2.19. The van der Waals surface area contributed by atoms with E-state index in [2.05, 4.69) is 12.2 Å². The van der Waals surface area contributed by atoms with Crippen molar-refractivity contribution in [3.8, 4) is 0 Å². The van der Waals surface area contributed by atoms with Gasteiger partial charge < -0.3 is 14.8 Å². The molecule has 1 rings (SSSR count). The van der Waals surface area contributed by atoms with Gasteiger partial charge in [-0.05, 0) is 27.3 Å². The van der Waals surface area contributed by atoms with Crippen LogP contribution in [-0.4, -0.2) is 31.6 Å². The Hall–Kier alpha value is -0.120. The van der Waals surface area contributed by atoms with Crippen LogP contribution in [0.5, 0.6) is 0 Å². The minimum absolute atomic E-state index is 0.204. The van der Waals surface area contributed by atoms with E-state index in [4.69, 9.17) is 9.47 Å². The first-order chi connectivity index (χ1) is 5.59. The van der Waals surface area contributed by atoms with Crippen molar-refractivity contribution in [2.24, 2.45) is 0 Å². The molecule has 0 amide bonds. The molecule has 0 aromatic rings. The third-order valence-corrected chi connectivity index (χ3v) is 2.29. The van der Waals surface area contributed by atoms with Gasteiger partial charge in [0.25, 0.3) is 0 Å². The maximum absolute atomic E-state index is 5.71. The van der Waals surface area contributed by atoms with Gasteiger partial charge in [-0.2, -0.15) is 0 Å². The fraction of sp³-hybridized carbons (Fsp3) is 1.00. The molecule has 0 bridgehead atoms. The normalized spacial score (nSPS) is 30.5. The van der Waals surface area contributed by atoms with E-state index in [9.17, 15) is 0 Å². The van der Waals surface area contributed by atoms with E-state index < -0.39 is 5.79 Å². The van der Waals surface area contributed by atoms with Gasteiger partial charge in [0.15, 0.2) is 5.79 Å². The van der Waals surface area contributed by atoms with Crippen molar-refractivity contribution in [2.45, 2.75) is 45.1 Å². The van der Waals surface area contributed by atoms with E-state index in [1.165, 1.54) is 0 Å². The van der Waals surface area contributed by atoms with Crippen molar-refractivity contribution in [1.29, 1.82) is 0 Å². The maximum atomic E-state index is 5.71. The van der Waals surface area contributed by atoms with Crippen molar-refractivity contribution in [2.75, 3.05) is 13.7 Å². The SMILES string of the molecule is CC[C@H](NC)[C@@H]1COC(C)(C)O1. The predicted molar refractivity (Wildman–Crippen MR) is 48.0 cm³/mol. The topological polar surface area (TPSA) is 30.5 Å². The summed E-state index contributed by atoms with van der Waals surface area (Å²) in [6.07, 6.45) is 1.27. The molecule has 2 atom stereocenters. The minimum Gasteiger partial charge on any atom is -0.348 e. The lowest BCUT2D eigenvalue weighted by Crippen LogP contribution is -2.39. The Morgan fingerprint density at radius 1 is 1.58 bits per heavy atom. The van der Waals surface area contributed by atoms with Crippen LogP contribution < -0.4 is 5.32 Å². The van der Waals surface area contributed by atoms with Crippen LogP contribution in [0.4, 0.5) is 0 Å². The van der Waals surface area contributed by atoms with Gasteiger partial charge in [0.1, 0.15) is 0 Å². The van der Waals surface area contributed by atoms with Crippen LogP contribution in [0, 0.1) is 0 Å². The molecule has 3 nitrogen and oxygen atoms in total. The number of rotatable bonds is 3. The average Bonchev–Trinajstić information content (AvgIpc) is 2.34. The molecule has 1 saturated heterocycles. The van der Waals surface area contributed by atoms with Crippen LogP contribution in [-0.2, 0) is 9.47 Å². The monoisotopic (exact) mass is 173 g/mol. The van der Waals surface area contributed by atoms with E-state index in [0.29, 0.717) is 12.6 Å². The maximum Gasteiger partial charge on any atom is 0.163 e. The fourth-order valence-corrected chi connectivity index (χ4v) is 1.57. The van der Waals surface area contributed by atoms with Crippen molar-refractivity contribution in [3.05, 3.63) is 0 Å². The second-order valence-electron chi connectivity index (χ2n) is 3.67. The first kappa shape index (κ1) is 9.96. The van der Waals surface area contributed by atoms with Gasteiger partial charge >= 0.3 is 0 Å². The fourth-order valence-electron chi connectivity index (χ4n) is 1.57. The number of likely N-dealkylation sites (N-methyl/N-ethyl adjacent to an activating group) is 1. The van der Waals surface area contributed by atoms with E-state index >= 15 is 0 Å². The lowest BCUT2D eigenvalue weighted by Gasteiger charge is -2.22. The van der Waals surface area contributed by atoms with Gasteiger partial charge in [-0.15, -0.1) is 0 Å². The molecule has 72 valence electrons.